The largest absolute Gasteiger partial charge is 0.355 e. The fourth-order valence-corrected chi connectivity index (χ4v) is 6.88. The van der Waals surface area contributed by atoms with Gasteiger partial charge in [0, 0.05) is 50.5 Å². The lowest BCUT2D eigenvalue weighted by molar-refractivity contribution is -0.188. The maximum Gasteiger partial charge on any atom is 0.248 e. The standard InChI is InChI=1S/C25H30FN3O6S/c1-18-23(22(35-27-18)7-6-19-4-2-3-5-21(19)26)36(31,32)29-12-8-20(9-13-29)24(30)28-14-10-25(11-15-28)33-16-17-34-25/h2-7,20H,8-17H2,1H3. The van der Waals surface area contributed by atoms with Gasteiger partial charge in [-0.05, 0) is 38.0 Å². The van der Waals surface area contributed by atoms with Crippen molar-refractivity contribution in [2.24, 2.45) is 5.92 Å². The van der Waals surface area contributed by atoms with Crippen molar-refractivity contribution in [1.82, 2.24) is 14.4 Å². The van der Waals surface area contributed by atoms with E-state index in [1.165, 1.54) is 22.5 Å². The third kappa shape index (κ3) is 4.84. The number of ether oxygens (including phenoxy) is 2. The van der Waals surface area contributed by atoms with E-state index in [0.29, 0.717) is 57.6 Å². The summed E-state index contributed by atoms with van der Waals surface area (Å²) in [6.45, 7) is 4.35. The zero-order valence-electron chi connectivity index (χ0n) is 20.2. The molecule has 0 atom stereocenters. The van der Waals surface area contributed by atoms with Gasteiger partial charge in [0.05, 0.1) is 13.2 Å². The van der Waals surface area contributed by atoms with Crippen molar-refractivity contribution in [3.8, 4) is 0 Å². The van der Waals surface area contributed by atoms with Gasteiger partial charge in [0.15, 0.2) is 16.4 Å². The second-order valence-electron chi connectivity index (χ2n) is 9.43. The van der Waals surface area contributed by atoms with Crippen LogP contribution in [0.15, 0.2) is 33.7 Å². The number of piperidine rings is 2. The van der Waals surface area contributed by atoms with E-state index < -0.39 is 21.6 Å². The van der Waals surface area contributed by atoms with Crippen molar-refractivity contribution in [2.75, 3.05) is 39.4 Å². The van der Waals surface area contributed by atoms with Gasteiger partial charge in [-0.3, -0.25) is 4.79 Å². The van der Waals surface area contributed by atoms with Gasteiger partial charge in [0.2, 0.25) is 15.9 Å². The summed E-state index contributed by atoms with van der Waals surface area (Å²) in [5.74, 6) is -1.07. The molecule has 3 saturated heterocycles. The molecule has 2 aromatic rings. The minimum Gasteiger partial charge on any atom is -0.355 e. The van der Waals surface area contributed by atoms with E-state index >= 15 is 0 Å². The molecule has 1 amide bonds. The molecule has 36 heavy (non-hydrogen) atoms. The number of benzene rings is 1. The van der Waals surface area contributed by atoms with Crippen LogP contribution in [0.5, 0.6) is 0 Å². The molecular formula is C25H30FN3O6S. The number of rotatable bonds is 5. The number of aromatic nitrogens is 1. The molecule has 3 aliphatic rings. The van der Waals surface area contributed by atoms with E-state index in [1.807, 2.05) is 4.90 Å². The smallest absolute Gasteiger partial charge is 0.248 e. The van der Waals surface area contributed by atoms with Gasteiger partial charge in [0.1, 0.15) is 11.5 Å². The summed E-state index contributed by atoms with van der Waals surface area (Å²) < 4.78 is 59.1. The Labute approximate surface area is 209 Å². The maximum absolute atomic E-state index is 14.0. The number of hydrogen-bond donors (Lipinski definition) is 0. The van der Waals surface area contributed by atoms with Gasteiger partial charge in [-0.2, -0.15) is 4.31 Å². The molecule has 3 fully saturated rings. The van der Waals surface area contributed by atoms with Crippen LogP contribution in [-0.2, 0) is 24.3 Å². The summed E-state index contributed by atoms with van der Waals surface area (Å²) in [6.07, 6.45) is 5.07. The molecule has 0 unspecified atom stereocenters. The molecule has 4 heterocycles. The number of aryl methyl sites for hydroxylation is 1. The highest BCUT2D eigenvalue weighted by Crippen LogP contribution is 2.34. The lowest BCUT2D eigenvalue weighted by atomic mass is 9.94. The summed E-state index contributed by atoms with van der Waals surface area (Å²) in [7, 11) is -3.91. The zero-order valence-corrected chi connectivity index (χ0v) is 21.0. The molecule has 3 aliphatic heterocycles. The SMILES string of the molecule is Cc1noc(C=Cc2ccccc2F)c1S(=O)(=O)N1CCC(C(=O)N2CCC3(CC2)OCCO3)CC1. The quantitative estimate of drug-likeness (QED) is 0.598. The van der Waals surface area contributed by atoms with Crippen LogP contribution in [0.1, 0.15) is 42.7 Å². The van der Waals surface area contributed by atoms with Gasteiger partial charge in [0.25, 0.3) is 0 Å². The van der Waals surface area contributed by atoms with E-state index in [2.05, 4.69) is 5.16 Å². The Hall–Kier alpha value is -2.60. The molecule has 0 saturated carbocycles. The van der Waals surface area contributed by atoms with E-state index in [9.17, 15) is 17.6 Å². The molecule has 1 aromatic heterocycles. The normalized spacial score (nSPS) is 21.6. The lowest BCUT2D eigenvalue weighted by Crippen LogP contribution is -2.50. The lowest BCUT2D eigenvalue weighted by Gasteiger charge is -2.40. The first-order valence-corrected chi connectivity index (χ1v) is 13.7. The minimum absolute atomic E-state index is 0.0299. The first-order chi connectivity index (χ1) is 17.3. The molecule has 5 rings (SSSR count). The molecule has 0 bridgehead atoms. The number of hydrogen-bond acceptors (Lipinski definition) is 7. The summed E-state index contributed by atoms with van der Waals surface area (Å²) in [4.78, 5) is 14.9. The van der Waals surface area contributed by atoms with Crippen LogP contribution in [0.25, 0.3) is 12.2 Å². The second-order valence-corrected chi connectivity index (χ2v) is 11.3. The van der Waals surface area contributed by atoms with Gasteiger partial charge < -0.3 is 18.9 Å². The predicted molar refractivity (Wildman–Crippen MR) is 128 cm³/mol. The van der Waals surface area contributed by atoms with Gasteiger partial charge in [-0.1, -0.05) is 23.4 Å². The second kappa shape index (κ2) is 10.0. The van der Waals surface area contributed by atoms with E-state index in [-0.39, 0.29) is 41.3 Å². The van der Waals surface area contributed by atoms with Crippen molar-refractivity contribution >= 4 is 28.1 Å². The third-order valence-corrected chi connectivity index (χ3v) is 9.26. The minimum atomic E-state index is -3.91. The number of likely N-dealkylation sites (tertiary alicyclic amines) is 1. The van der Waals surface area contributed by atoms with Crippen LogP contribution in [-0.4, -0.2) is 73.9 Å². The molecule has 11 heteroatoms. The van der Waals surface area contributed by atoms with Gasteiger partial charge in [-0.25, -0.2) is 12.8 Å². The number of amides is 1. The number of carbonyl (C=O) groups excluding carboxylic acids is 1. The fourth-order valence-electron chi connectivity index (χ4n) is 5.16. The highest BCUT2D eigenvalue weighted by atomic mass is 32.2. The van der Waals surface area contributed by atoms with Crippen LogP contribution in [0, 0.1) is 18.7 Å². The Morgan fingerprint density at radius 1 is 1.08 bits per heavy atom. The third-order valence-electron chi connectivity index (χ3n) is 7.20. The molecule has 0 radical (unpaired) electrons. The summed E-state index contributed by atoms with van der Waals surface area (Å²) in [6, 6.07) is 6.18. The molecule has 0 N–H and O–H groups in total. The Bertz CT molecular complexity index is 1240. The highest BCUT2D eigenvalue weighted by Gasteiger charge is 2.42. The van der Waals surface area contributed by atoms with Crippen LogP contribution in [0.3, 0.4) is 0 Å². The molecular weight excluding hydrogens is 489 g/mol. The summed E-state index contributed by atoms with van der Waals surface area (Å²) in [5, 5.41) is 3.84. The number of sulfonamides is 1. The molecule has 1 aromatic carbocycles. The summed E-state index contributed by atoms with van der Waals surface area (Å²) in [5.41, 5.74) is 0.545. The van der Waals surface area contributed by atoms with Gasteiger partial charge >= 0.3 is 0 Å². The van der Waals surface area contributed by atoms with Crippen molar-refractivity contribution in [1.29, 1.82) is 0 Å². The van der Waals surface area contributed by atoms with Crippen molar-refractivity contribution in [2.45, 2.75) is 43.3 Å². The van der Waals surface area contributed by atoms with E-state index in [1.54, 1.807) is 25.1 Å². The Morgan fingerprint density at radius 2 is 1.75 bits per heavy atom. The average Bonchev–Trinajstić information content (AvgIpc) is 3.50. The van der Waals surface area contributed by atoms with Gasteiger partial charge in [-0.15, -0.1) is 0 Å². The number of nitrogens with zero attached hydrogens (tertiary/aromatic N) is 3. The van der Waals surface area contributed by atoms with Crippen molar-refractivity contribution < 1.29 is 31.6 Å². The van der Waals surface area contributed by atoms with Crippen LogP contribution >= 0.6 is 0 Å². The fraction of sp³-hybridized carbons (Fsp3) is 0.520. The van der Waals surface area contributed by atoms with Crippen LogP contribution in [0.2, 0.25) is 0 Å². The van der Waals surface area contributed by atoms with Crippen molar-refractivity contribution in [3.05, 3.63) is 47.1 Å². The number of carbonyl (C=O) groups is 1. The Morgan fingerprint density at radius 3 is 2.42 bits per heavy atom. The summed E-state index contributed by atoms with van der Waals surface area (Å²) >= 11 is 0. The highest BCUT2D eigenvalue weighted by molar-refractivity contribution is 7.89. The molecule has 1 spiro atoms. The Kier molecular flexibility index (Phi) is 6.99. The number of halogens is 1. The Balaban J connectivity index is 1.23. The van der Waals surface area contributed by atoms with Crippen LogP contribution in [0.4, 0.5) is 4.39 Å². The van der Waals surface area contributed by atoms with E-state index in [4.69, 9.17) is 14.0 Å². The zero-order chi connectivity index (χ0) is 25.3. The van der Waals surface area contributed by atoms with Crippen LogP contribution < -0.4 is 0 Å². The predicted octanol–water partition coefficient (Wildman–Crippen LogP) is 3.06. The topological polar surface area (TPSA) is 102 Å². The first kappa shape index (κ1) is 25.1. The molecule has 9 nitrogen and oxygen atoms in total. The van der Waals surface area contributed by atoms with Crippen molar-refractivity contribution in [3.63, 3.8) is 0 Å². The molecule has 194 valence electrons. The monoisotopic (exact) mass is 519 g/mol. The maximum atomic E-state index is 14.0. The average molecular weight is 520 g/mol. The first-order valence-electron chi connectivity index (χ1n) is 12.2. The molecule has 0 aliphatic carbocycles. The van der Waals surface area contributed by atoms with E-state index in [0.717, 1.165) is 0 Å².